The molecule has 0 aliphatic carbocycles. The first-order valence-corrected chi connectivity index (χ1v) is 10.7. The van der Waals surface area contributed by atoms with Gasteiger partial charge >= 0.3 is 5.97 Å². The third-order valence-corrected chi connectivity index (χ3v) is 4.98. The van der Waals surface area contributed by atoms with Crippen molar-refractivity contribution < 1.29 is 19.4 Å². The minimum absolute atomic E-state index is 0.341. The molecule has 0 saturated carbocycles. The molecule has 0 aliphatic heterocycles. The van der Waals surface area contributed by atoms with Gasteiger partial charge < -0.3 is 14.6 Å². The number of benzene rings is 2. The molecule has 0 aromatic heterocycles. The highest BCUT2D eigenvalue weighted by molar-refractivity contribution is 5.72. The smallest absolute Gasteiger partial charge is 0.333 e. The second kappa shape index (κ2) is 11.6. The van der Waals surface area contributed by atoms with Crippen LogP contribution in [0.3, 0.4) is 0 Å². The van der Waals surface area contributed by atoms with E-state index in [1.165, 1.54) is 16.7 Å². The van der Waals surface area contributed by atoms with E-state index < -0.39 is 12.1 Å². The van der Waals surface area contributed by atoms with Crippen LogP contribution in [0, 0.1) is 0 Å². The maximum absolute atomic E-state index is 11.2. The van der Waals surface area contributed by atoms with Gasteiger partial charge in [-0.1, -0.05) is 64.1 Å². The lowest BCUT2D eigenvalue weighted by molar-refractivity contribution is -0.149. The summed E-state index contributed by atoms with van der Waals surface area (Å²) in [4.78, 5) is 11.2. The first kappa shape index (κ1) is 23.7. The first-order valence-electron chi connectivity index (χ1n) is 10.7. The Bertz CT molecular complexity index is 808. The number of carbonyl (C=O) groups is 1. The van der Waals surface area contributed by atoms with Gasteiger partial charge in [0, 0.05) is 13.0 Å². The third kappa shape index (κ3) is 7.34. The van der Waals surface area contributed by atoms with E-state index in [4.69, 9.17) is 9.47 Å². The van der Waals surface area contributed by atoms with Crippen LogP contribution in [0.4, 0.5) is 0 Å². The summed E-state index contributed by atoms with van der Waals surface area (Å²) in [6, 6.07) is 14.3. The summed E-state index contributed by atoms with van der Waals surface area (Å²) < 4.78 is 11.1. The second-order valence-electron chi connectivity index (χ2n) is 8.09. The number of hydrogen-bond donors (Lipinski definition) is 1. The Morgan fingerprint density at radius 3 is 2.10 bits per heavy atom. The van der Waals surface area contributed by atoms with Crippen LogP contribution in [0.15, 0.2) is 48.5 Å². The van der Waals surface area contributed by atoms with Crippen molar-refractivity contribution in [3.05, 3.63) is 70.8 Å². The summed E-state index contributed by atoms with van der Waals surface area (Å²) in [7, 11) is 0. The molecule has 1 atom stereocenters. The number of carboxylic acids is 1. The summed E-state index contributed by atoms with van der Waals surface area (Å²) in [5.74, 6) is 0.804. The number of hydrogen-bond acceptors (Lipinski definition) is 3. The SMILES string of the molecule is CCO[C@@H](Cc1ccc(OC/C=C/c2cc(C(C)C)cc(C(C)C)c2)cc1)C(=O)O. The van der Waals surface area contributed by atoms with Crippen molar-refractivity contribution in [2.45, 2.75) is 59.0 Å². The van der Waals surface area contributed by atoms with Crippen molar-refractivity contribution in [3.8, 4) is 5.75 Å². The highest BCUT2D eigenvalue weighted by Gasteiger charge is 2.17. The second-order valence-corrected chi connectivity index (χ2v) is 8.09. The van der Waals surface area contributed by atoms with Crippen LogP contribution >= 0.6 is 0 Å². The van der Waals surface area contributed by atoms with Gasteiger partial charge in [0.05, 0.1) is 0 Å². The lowest BCUT2D eigenvalue weighted by atomic mass is 9.93. The van der Waals surface area contributed by atoms with E-state index >= 15 is 0 Å². The highest BCUT2D eigenvalue weighted by atomic mass is 16.5. The predicted molar refractivity (Wildman–Crippen MR) is 122 cm³/mol. The average Bonchev–Trinajstić information content (AvgIpc) is 2.71. The van der Waals surface area contributed by atoms with Crippen molar-refractivity contribution in [1.29, 1.82) is 0 Å². The maximum atomic E-state index is 11.2. The molecule has 0 aliphatic rings. The zero-order valence-electron chi connectivity index (χ0n) is 18.7. The molecular weight excluding hydrogens is 376 g/mol. The molecule has 0 amide bonds. The Kier molecular flexibility index (Phi) is 9.13. The van der Waals surface area contributed by atoms with Gasteiger partial charge in [0.15, 0.2) is 6.10 Å². The Morgan fingerprint density at radius 2 is 1.60 bits per heavy atom. The molecule has 2 aromatic rings. The Hall–Kier alpha value is -2.59. The van der Waals surface area contributed by atoms with E-state index in [0.717, 1.165) is 11.3 Å². The summed E-state index contributed by atoms with van der Waals surface area (Å²) in [6.07, 6.45) is 3.65. The van der Waals surface area contributed by atoms with Gasteiger partial charge in [0.25, 0.3) is 0 Å². The number of ether oxygens (including phenoxy) is 2. The van der Waals surface area contributed by atoms with Crippen LogP contribution < -0.4 is 4.74 Å². The van der Waals surface area contributed by atoms with E-state index in [1.54, 1.807) is 6.92 Å². The fourth-order valence-corrected chi connectivity index (χ4v) is 3.15. The largest absolute Gasteiger partial charge is 0.490 e. The minimum atomic E-state index is -0.940. The third-order valence-electron chi connectivity index (χ3n) is 4.98. The van der Waals surface area contributed by atoms with Crippen LogP contribution in [0.5, 0.6) is 5.75 Å². The van der Waals surface area contributed by atoms with Crippen molar-refractivity contribution in [3.63, 3.8) is 0 Å². The standard InChI is InChI=1S/C26H34O4/c1-6-29-25(26(27)28)16-20-9-11-24(12-10-20)30-13-7-8-21-14-22(18(2)3)17-23(15-21)19(4)5/h7-12,14-15,17-19,25H,6,13,16H2,1-5H3,(H,27,28)/b8-7+/t25-/m0/s1. The molecule has 4 heteroatoms. The number of carboxylic acid groups (broad SMARTS) is 1. The maximum Gasteiger partial charge on any atom is 0.333 e. The monoisotopic (exact) mass is 410 g/mol. The van der Waals surface area contributed by atoms with E-state index in [9.17, 15) is 9.90 Å². The van der Waals surface area contributed by atoms with Crippen LogP contribution in [0.25, 0.3) is 6.08 Å². The van der Waals surface area contributed by atoms with Gasteiger partial charge in [-0.3, -0.25) is 0 Å². The molecule has 0 bridgehead atoms. The molecule has 0 saturated heterocycles. The van der Waals surface area contributed by atoms with Gasteiger partial charge in [-0.15, -0.1) is 0 Å². The molecule has 4 nitrogen and oxygen atoms in total. The summed E-state index contributed by atoms with van der Waals surface area (Å²) in [5.41, 5.74) is 4.80. The molecule has 0 spiro atoms. The lowest BCUT2D eigenvalue weighted by Crippen LogP contribution is -2.26. The molecule has 2 rings (SSSR count). The van der Waals surface area contributed by atoms with Crippen LogP contribution in [0.2, 0.25) is 0 Å². The van der Waals surface area contributed by atoms with Crippen LogP contribution in [0.1, 0.15) is 68.7 Å². The highest BCUT2D eigenvalue weighted by Crippen LogP contribution is 2.24. The average molecular weight is 411 g/mol. The number of aliphatic carboxylic acids is 1. The van der Waals surface area contributed by atoms with E-state index in [0.29, 0.717) is 31.5 Å². The first-order chi connectivity index (χ1) is 14.3. The van der Waals surface area contributed by atoms with Gasteiger partial charge in [-0.2, -0.15) is 0 Å². The normalized spacial score (nSPS) is 12.6. The Morgan fingerprint density at radius 1 is 1.00 bits per heavy atom. The van der Waals surface area contributed by atoms with Crippen molar-refractivity contribution in [1.82, 2.24) is 0 Å². The molecule has 162 valence electrons. The Labute approximate surface area is 180 Å². The van der Waals surface area contributed by atoms with Crippen LogP contribution in [-0.2, 0) is 16.0 Å². The molecule has 0 fully saturated rings. The van der Waals surface area contributed by atoms with Gasteiger partial charge in [-0.05, 0) is 59.2 Å². The Balaban J connectivity index is 1.95. The predicted octanol–water partition coefficient (Wildman–Crippen LogP) is 6.06. The fraction of sp³-hybridized carbons (Fsp3) is 0.423. The molecule has 30 heavy (non-hydrogen) atoms. The minimum Gasteiger partial charge on any atom is -0.490 e. The van der Waals surface area contributed by atoms with Crippen LogP contribution in [-0.4, -0.2) is 30.4 Å². The van der Waals surface area contributed by atoms with E-state index in [-0.39, 0.29) is 0 Å². The topological polar surface area (TPSA) is 55.8 Å². The molecular formula is C26H34O4. The van der Waals surface area contributed by atoms with E-state index in [1.807, 2.05) is 30.3 Å². The van der Waals surface area contributed by atoms with Crippen molar-refractivity contribution in [2.24, 2.45) is 0 Å². The quantitative estimate of drug-likeness (QED) is 0.489. The fourth-order valence-electron chi connectivity index (χ4n) is 3.15. The van der Waals surface area contributed by atoms with Crippen molar-refractivity contribution >= 4 is 12.0 Å². The van der Waals surface area contributed by atoms with Gasteiger partial charge in [-0.25, -0.2) is 4.79 Å². The van der Waals surface area contributed by atoms with E-state index in [2.05, 4.69) is 52.0 Å². The molecule has 2 aromatic carbocycles. The van der Waals surface area contributed by atoms with Crippen molar-refractivity contribution in [2.75, 3.05) is 13.2 Å². The summed E-state index contributed by atoms with van der Waals surface area (Å²) in [5, 5.41) is 9.20. The zero-order chi connectivity index (χ0) is 22.1. The summed E-state index contributed by atoms with van der Waals surface area (Å²) in [6.45, 7) is 11.5. The molecule has 1 N–H and O–H groups in total. The number of rotatable bonds is 11. The van der Waals surface area contributed by atoms with Gasteiger partial charge in [0.1, 0.15) is 12.4 Å². The van der Waals surface area contributed by atoms with Gasteiger partial charge in [0.2, 0.25) is 0 Å². The zero-order valence-corrected chi connectivity index (χ0v) is 18.7. The molecule has 0 heterocycles. The molecule has 0 radical (unpaired) electrons. The summed E-state index contributed by atoms with van der Waals surface area (Å²) >= 11 is 0. The lowest BCUT2D eigenvalue weighted by Gasteiger charge is -2.13. The molecule has 0 unspecified atom stereocenters.